The molecule has 1 aliphatic heterocycles. The van der Waals surface area contributed by atoms with Crippen LogP contribution in [0.15, 0.2) is 35.5 Å². The Bertz CT molecular complexity index is 658. The average Bonchev–Trinajstić information content (AvgIpc) is 2.92. The van der Waals surface area contributed by atoms with Gasteiger partial charge < -0.3 is 14.2 Å². The Labute approximate surface area is 143 Å². The molecule has 0 aromatic heterocycles. The summed E-state index contributed by atoms with van der Waals surface area (Å²) >= 11 is 2.60. The lowest BCUT2D eigenvalue weighted by Gasteiger charge is -2.12. The van der Waals surface area contributed by atoms with Crippen LogP contribution in [-0.4, -0.2) is 36.6 Å². The molecule has 0 bridgehead atoms. The van der Waals surface area contributed by atoms with Crippen LogP contribution in [0.25, 0.3) is 6.08 Å². The third kappa shape index (κ3) is 4.11. The Morgan fingerprint density at radius 2 is 1.87 bits per heavy atom. The van der Waals surface area contributed by atoms with Gasteiger partial charge in [-0.25, -0.2) is 4.99 Å². The lowest BCUT2D eigenvalue weighted by Crippen LogP contribution is -1.96. The topological polar surface area (TPSA) is 57.1 Å². The van der Waals surface area contributed by atoms with Crippen molar-refractivity contribution in [2.24, 2.45) is 4.99 Å². The monoisotopic (exact) mass is 351 g/mol. The molecule has 2 rings (SSSR count). The van der Waals surface area contributed by atoms with Gasteiger partial charge in [0.05, 0.1) is 26.9 Å². The molecule has 0 aliphatic carbocycles. The molecule has 0 unspecified atom stereocenters. The van der Waals surface area contributed by atoms with Gasteiger partial charge >= 0.3 is 0 Å². The second kappa shape index (κ2) is 8.12. The van der Waals surface area contributed by atoms with E-state index in [0.717, 1.165) is 11.8 Å². The molecule has 0 saturated carbocycles. The minimum Gasteiger partial charge on any atom is -0.496 e. The predicted octanol–water partition coefficient (Wildman–Crippen LogP) is 3.60. The summed E-state index contributed by atoms with van der Waals surface area (Å²) in [5.74, 6) is 2.42. The zero-order valence-corrected chi connectivity index (χ0v) is 14.8. The SMILES string of the molecule is C=CCSC1=NC(=Cc2c(OC)cc(OC)cc2OC)C(=O)S1. The van der Waals surface area contributed by atoms with Crippen LogP contribution >= 0.6 is 23.5 Å². The number of methoxy groups -OCH3 is 3. The molecule has 0 fully saturated rings. The summed E-state index contributed by atoms with van der Waals surface area (Å²) < 4.78 is 16.7. The first-order valence-electron chi connectivity index (χ1n) is 6.69. The van der Waals surface area contributed by atoms with Gasteiger partial charge in [-0.15, -0.1) is 6.58 Å². The first-order valence-corrected chi connectivity index (χ1v) is 8.49. The highest BCUT2D eigenvalue weighted by atomic mass is 32.2. The number of ether oxygens (including phenoxy) is 3. The lowest BCUT2D eigenvalue weighted by molar-refractivity contribution is -0.107. The van der Waals surface area contributed by atoms with E-state index in [0.29, 0.717) is 38.6 Å². The maximum absolute atomic E-state index is 12.1. The van der Waals surface area contributed by atoms with Gasteiger partial charge in [0.25, 0.3) is 0 Å². The van der Waals surface area contributed by atoms with Crippen molar-refractivity contribution in [1.82, 2.24) is 0 Å². The summed E-state index contributed by atoms with van der Waals surface area (Å²) in [6.45, 7) is 3.66. The number of thioether (sulfide) groups is 2. The first-order chi connectivity index (χ1) is 11.1. The second-order valence-corrected chi connectivity index (χ2v) is 6.57. The number of benzene rings is 1. The smallest absolute Gasteiger partial charge is 0.244 e. The van der Waals surface area contributed by atoms with Crippen LogP contribution < -0.4 is 14.2 Å². The van der Waals surface area contributed by atoms with Gasteiger partial charge in [0, 0.05) is 17.9 Å². The van der Waals surface area contributed by atoms with E-state index in [9.17, 15) is 4.79 Å². The number of aliphatic imine (C=N–C) groups is 1. The fourth-order valence-corrected chi connectivity index (χ4v) is 3.50. The Kier molecular flexibility index (Phi) is 6.18. The normalized spacial score (nSPS) is 15.5. The van der Waals surface area contributed by atoms with Crippen molar-refractivity contribution >= 4 is 39.1 Å². The minimum absolute atomic E-state index is 0.100. The zero-order valence-electron chi connectivity index (χ0n) is 13.1. The molecule has 0 radical (unpaired) electrons. The molecule has 0 spiro atoms. The van der Waals surface area contributed by atoms with E-state index >= 15 is 0 Å². The second-order valence-electron chi connectivity index (χ2n) is 4.34. The molecular weight excluding hydrogens is 334 g/mol. The average molecular weight is 351 g/mol. The van der Waals surface area contributed by atoms with E-state index < -0.39 is 0 Å². The lowest BCUT2D eigenvalue weighted by atomic mass is 10.1. The van der Waals surface area contributed by atoms with Crippen LogP contribution in [0.4, 0.5) is 0 Å². The van der Waals surface area contributed by atoms with Crippen LogP contribution in [-0.2, 0) is 4.79 Å². The molecule has 7 heteroatoms. The summed E-state index contributed by atoms with van der Waals surface area (Å²) in [5.41, 5.74) is 1.02. The Balaban J connectivity index is 2.43. The largest absolute Gasteiger partial charge is 0.496 e. The third-order valence-electron chi connectivity index (χ3n) is 2.96. The number of carbonyl (C=O) groups is 1. The van der Waals surface area contributed by atoms with Crippen LogP contribution in [0.2, 0.25) is 0 Å². The van der Waals surface area contributed by atoms with Crippen LogP contribution in [0.1, 0.15) is 5.56 Å². The standard InChI is InChI=1S/C16H17NO4S2/c1-5-6-22-16-17-12(15(18)23-16)9-11-13(20-3)7-10(19-2)8-14(11)21-4/h5,7-9H,1,6H2,2-4H3. The van der Waals surface area contributed by atoms with E-state index in [4.69, 9.17) is 14.2 Å². The van der Waals surface area contributed by atoms with Gasteiger partial charge in [0.2, 0.25) is 5.12 Å². The van der Waals surface area contributed by atoms with Gasteiger partial charge in [-0.1, -0.05) is 17.8 Å². The molecule has 0 N–H and O–H groups in total. The first kappa shape index (κ1) is 17.5. The summed E-state index contributed by atoms with van der Waals surface area (Å²) in [4.78, 5) is 16.5. The number of rotatable bonds is 6. The molecule has 1 aromatic rings. The number of hydrogen-bond acceptors (Lipinski definition) is 7. The fourth-order valence-electron chi connectivity index (χ4n) is 1.89. The maximum atomic E-state index is 12.1. The Hall–Kier alpha value is -1.86. The van der Waals surface area contributed by atoms with Gasteiger partial charge in [-0.05, 0) is 17.8 Å². The van der Waals surface area contributed by atoms with E-state index in [2.05, 4.69) is 11.6 Å². The highest BCUT2D eigenvalue weighted by Crippen LogP contribution is 2.38. The van der Waals surface area contributed by atoms with Crippen LogP contribution in [0.3, 0.4) is 0 Å². The predicted molar refractivity (Wildman–Crippen MR) is 96.8 cm³/mol. The van der Waals surface area contributed by atoms with E-state index in [1.165, 1.54) is 11.8 Å². The van der Waals surface area contributed by atoms with Crippen LogP contribution in [0, 0.1) is 0 Å². The van der Waals surface area contributed by atoms with Gasteiger partial charge in [-0.2, -0.15) is 0 Å². The third-order valence-corrected chi connectivity index (χ3v) is 4.96. The van der Waals surface area contributed by atoms with Crippen molar-refractivity contribution in [2.45, 2.75) is 0 Å². The van der Waals surface area contributed by atoms with E-state index in [-0.39, 0.29) is 5.12 Å². The quantitative estimate of drug-likeness (QED) is 0.576. The molecule has 1 heterocycles. The van der Waals surface area contributed by atoms with Crippen molar-refractivity contribution in [2.75, 3.05) is 27.1 Å². The zero-order chi connectivity index (χ0) is 16.8. The molecule has 1 aliphatic rings. The van der Waals surface area contributed by atoms with Crippen LogP contribution in [0.5, 0.6) is 17.2 Å². The van der Waals surface area contributed by atoms with Gasteiger partial charge in [0.15, 0.2) is 0 Å². The van der Waals surface area contributed by atoms with Crippen molar-refractivity contribution < 1.29 is 19.0 Å². The fraction of sp³-hybridized carbons (Fsp3) is 0.250. The molecule has 0 amide bonds. The minimum atomic E-state index is -0.100. The number of nitrogens with zero attached hydrogens (tertiary/aromatic N) is 1. The molecule has 1 aromatic carbocycles. The highest BCUT2D eigenvalue weighted by molar-refractivity contribution is 8.45. The molecule has 0 atom stereocenters. The molecule has 122 valence electrons. The van der Waals surface area contributed by atoms with Crippen molar-refractivity contribution in [3.63, 3.8) is 0 Å². The molecule has 23 heavy (non-hydrogen) atoms. The number of carbonyl (C=O) groups excluding carboxylic acids is 1. The van der Waals surface area contributed by atoms with E-state index in [1.54, 1.807) is 45.6 Å². The maximum Gasteiger partial charge on any atom is 0.244 e. The summed E-state index contributed by atoms with van der Waals surface area (Å²) in [5, 5.41) is -0.100. The van der Waals surface area contributed by atoms with Crippen molar-refractivity contribution in [3.8, 4) is 17.2 Å². The summed E-state index contributed by atoms with van der Waals surface area (Å²) in [6, 6.07) is 3.47. The van der Waals surface area contributed by atoms with E-state index in [1.807, 2.05) is 0 Å². The van der Waals surface area contributed by atoms with Crippen molar-refractivity contribution in [1.29, 1.82) is 0 Å². The van der Waals surface area contributed by atoms with Crippen molar-refractivity contribution in [3.05, 3.63) is 36.0 Å². The van der Waals surface area contributed by atoms with Gasteiger partial charge in [-0.3, -0.25) is 4.79 Å². The number of hydrogen-bond donors (Lipinski definition) is 0. The van der Waals surface area contributed by atoms with Gasteiger partial charge in [0.1, 0.15) is 27.3 Å². The molecule has 0 saturated heterocycles. The summed E-state index contributed by atoms with van der Waals surface area (Å²) in [6.07, 6.45) is 3.45. The Morgan fingerprint density at radius 3 is 2.39 bits per heavy atom. The Morgan fingerprint density at radius 1 is 1.22 bits per heavy atom. The molecule has 5 nitrogen and oxygen atoms in total. The molecular formula is C16H17NO4S2. The summed E-state index contributed by atoms with van der Waals surface area (Å²) in [7, 11) is 4.67. The highest BCUT2D eigenvalue weighted by Gasteiger charge is 2.23.